The van der Waals surface area contributed by atoms with Crippen LogP contribution >= 0.6 is 0 Å². The quantitative estimate of drug-likeness (QED) is 0.403. The van der Waals surface area contributed by atoms with E-state index in [-0.39, 0.29) is 11.7 Å². The van der Waals surface area contributed by atoms with E-state index in [4.69, 9.17) is 0 Å². The normalized spacial score (nSPS) is 10.9. The first-order valence-electron chi connectivity index (χ1n) is 10.0. The van der Waals surface area contributed by atoms with E-state index in [1.54, 1.807) is 10.9 Å². The molecule has 3 aromatic carbocycles. The van der Waals surface area contributed by atoms with Crippen LogP contribution in [0.15, 0.2) is 85.1 Å². The van der Waals surface area contributed by atoms with Gasteiger partial charge >= 0.3 is 6.61 Å². The van der Waals surface area contributed by atoms with Gasteiger partial charge in [0, 0.05) is 17.4 Å². The molecule has 0 unspecified atom stereocenters. The number of hydrogen-bond donors (Lipinski definition) is 1. The van der Waals surface area contributed by atoms with Gasteiger partial charge in [0.15, 0.2) is 0 Å². The van der Waals surface area contributed by atoms with E-state index in [1.165, 1.54) is 24.3 Å². The van der Waals surface area contributed by atoms with Gasteiger partial charge in [0.1, 0.15) is 11.4 Å². The lowest BCUT2D eigenvalue weighted by Crippen LogP contribution is -2.12. The summed E-state index contributed by atoms with van der Waals surface area (Å²) in [6.07, 6.45) is 1.71. The minimum absolute atomic E-state index is 0.0222. The van der Waals surface area contributed by atoms with Crippen LogP contribution < -0.4 is 10.1 Å². The Labute approximate surface area is 184 Å². The maximum absolute atomic E-state index is 13.1. The zero-order valence-electron chi connectivity index (χ0n) is 17.3. The van der Waals surface area contributed by atoms with Crippen LogP contribution in [-0.2, 0) is 6.54 Å². The van der Waals surface area contributed by atoms with E-state index in [9.17, 15) is 13.6 Å². The number of anilines is 1. The predicted molar refractivity (Wildman–Crippen MR) is 119 cm³/mol. The molecular formula is C25H21F2N3O2. The van der Waals surface area contributed by atoms with Crippen molar-refractivity contribution in [2.45, 2.75) is 20.1 Å². The first-order valence-corrected chi connectivity index (χ1v) is 10.0. The second-order valence-corrected chi connectivity index (χ2v) is 7.30. The Bertz CT molecular complexity index is 1190. The van der Waals surface area contributed by atoms with Crippen molar-refractivity contribution >= 4 is 11.6 Å². The predicted octanol–water partition coefficient (Wildman–Crippen LogP) is 5.76. The molecule has 0 radical (unpaired) electrons. The fraction of sp³-hybridized carbons (Fsp3) is 0.120. The zero-order chi connectivity index (χ0) is 22.5. The third-order valence-electron chi connectivity index (χ3n) is 4.86. The number of aromatic nitrogens is 2. The number of amides is 1. The first-order chi connectivity index (χ1) is 15.5. The van der Waals surface area contributed by atoms with Crippen LogP contribution in [0.25, 0.3) is 11.3 Å². The smallest absolute Gasteiger partial charge is 0.387 e. The van der Waals surface area contributed by atoms with Gasteiger partial charge in [-0.2, -0.15) is 13.9 Å². The Hall–Kier alpha value is -4.00. The standard InChI is InChI=1S/C25H21F2N3O2/c1-17-7-9-19(10-8-17)23-22(16-30(29-23)15-18-5-3-2-4-6-18)24(31)28-20-11-13-21(14-12-20)32-25(26)27/h2-14,16,25H,15H2,1H3,(H,28,31). The lowest BCUT2D eigenvalue weighted by atomic mass is 10.1. The maximum atomic E-state index is 13.1. The second-order valence-electron chi connectivity index (χ2n) is 7.30. The summed E-state index contributed by atoms with van der Waals surface area (Å²) in [6, 6.07) is 23.4. The van der Waals surface area contributed by atoms with Crippen molar-refractivity contribution in [3.05, 3.63) is 102 Å². The summed E-state index contributed by atoms with van der Waals surface area (Å²) in [5.74, 6) is -0.323. The van der Waals surface area contributed by atoms with Gasteiger partial charge in [-0.05, 0) is 36.8 Å². The maximum Gasteiger partial charge on any atom is 0.387 e. The van der Waals surface area contributed by atoms with Crippen molar-refractivity contribution < 1.29 is 18.3 Å². The fourth-order valence-electron chi connectivity index (χ4n) is 3.28. The van der Waals surface area contributed by atoms with Crippen molar-refractivity contribution in [2.75, 3.05) is 5.32 Å². The molecule has 0 bridgehead atoms. The summed E-state index contributed by atoms with van der Waals surface area (Å²) in [4.78, 5) is 13.1. The Morgan fingerprint density at radius 2 is 1.69 bits per heavy atom. The van der Waals surface area contributed by atoms with Gasteiger partial charge in [-0.25, -0.2) is 0 Å². The Morgan fingerprint density at radius 1 is 1.00 bits per heavy atom. The highest BCUT2D eigenvalue weighted by Crippen LogP contribution is 2.25. The third kappa shape index (κ3) is 5.18. The van der Waals surface area contributed by atoms with Gasteiger partial charge < -0.3 is 10.1 Å². The van der Waals surface area contributed by atoms with Gasteiger partial charge in [-0.1, -0.05) is 60.2 Å². The summed E-state index contributed by atoms with van der Waals surface area (Å²) < 4.78 is 30.8. The van der Waals surface area contributed by atoms with Crippen LogP contribution in [0.1, 0.15) is 21.5 Å². The summed E-state index contributed by atoms with van der Waals surface area (Å²) >= 11 is 0. The SMILES string of the molecule is Cc1ccc(-c2nn(Cc3ccccc3)cc2C(=O)Nc2ccc(OC(F)F)cc2)cc1. The van der Waals surface area contributed by atoms with Crippen LogP contribution in [0.5, 0.6) is 5.75 Å². The van der Waals surface area contributed by atoms with E-state index >= 15 is 0 Å². The molecule has 0 saturated carbocycles. The Morgan fingerprint density at radius 3 is 2.34 bits per heavy atom. The molecule has 1 aromatic heterocycles. The van der Waals surface area contributed by atoms with Gasteiger partial charge in [0.25, 0.3) is 5.91 Å². The largest absolute Gasteiger partial charge is 0.435 e. The molecule has 4 aromatic rings. The van der Waals surface area contributed by atoms with Crippen molar-refractivity contribution in [3.63, 3.8) is 0 Å². The number of halogens is 2. The number of nitrogens with one attached hydrogen (secondary N) is 1. The van der Waals surface area contributed by atoms with Crippen LogP contribution in [0.2, 0.25) is 0 Å². The molecule has 0 aliphatic heterocycles. The molecule has 0 atom stereocenters. The molecule has 0 aliphatic carbocycles. The fourth-order valence-corrected chi connectivity index (χ4v) is 3.28. The highest BCUT2D eigenvalue weighted by molar-refractivity contribution is 6.08. The van der Waals surface area contributed by atoms with E-state index in [1.807, 2.05) is 61.5 Å². The van der Waals surface area contributed by atoms with Crippen LogP contribution in [0, 0.1) is 6.92 Å². The second kappa shape index (κ2) is 9.43. The van der Waals surface area contributed by atoms with Gasteiger partial charge in [-0.3, -0.25) is 9.48 Å². The lowest BCUT2D eigenvalue weighted by molar-refractivity contribution is -0.0498. The molecule has 1 amide bonds. The molecule has 0 spiro atoms. The molecule has 0 fully saturated rings. The summed E-state index contributed by atoms with van der Waals surface area (Å²) in [7, 11) is 0. The minimum Gasteiger partial charge on any atom is -0.435 e. The Balaban J connectivity index is 1.61. The summed E-state index contributed by atoms with van der Waals surface area (Å²) in [5.41, 5.74) is 4.44. The molecule has 0 aliphatic rings. The van der Waals surface area contributed by atoms with Crippen LogP contribution in [0.3, 0.4) is 0 Å². The Kier molecular flexibility index (Phi) is 6.26. The van der Waals surface area contributed by atoms with Crippen molar-refractivity contribution in [3.8, 4) is 17.0 Å². The molecule has 4 rings (SSSR count). The number of benzene rings is 3. The number of ether oxygens (including phenoxy) is 1. The minimum atomic E-state index is -2.90. The molecule has 162 valence electrons. The van der Waals surface area contributed by atoms with Crippen LogP contribution in [0.4, 0.5) is 14.5 Å². The average molecular weight is 433 g/mol. The number of hydrogen-bond acceptors (Lipinski definition) is 3. The van der Waals surface area contributed by atoms with E-state index in [0.29, 0.717) is 23.5 Å². The van der Waals surface area contributed by atoms with E-state index in [2.05, 4.69) is 15.2 Å². The highest BCUT2D eigenvalue weighted by atomic mass is 19.3. The van der Waals surface area contributed by atoms with Gasteiger partial charge in [-0.15, -0.1) is 0 Å². The highest BCUT2D eigenvalue weighted by Gasteiger charge is 2.18. The number of alkyl halides is 2. The third-order valence-corrected chi connectivity index (χ3v) is 4.86. The lowest BCUT2D eigenvalue weighted by Gasteiger charge is -2.08. The zero-order valence-corrected chi connectivity index (χ0v) is 17.3. The molecule has 1 N–H and O–H groups in total. The number of rotatable bonds is 7. The van der Waals surface area contributed by atoms with E-state index in [0.717, 1.165) is 16.7 Å². The molecule has 5 nitrogen and oxygen atoms in total. The summed E-state index contributed by atoms with van der Waals surface area (Å²) in [6.45, 7) is -0.387. The number of nitrogens with zero attached hydrogens (tertiary/aromatic N) is 2. The molecular weight excluding hydrogens is 412 g/mol. The molecule has 7 heteroatoms. The van der Waals surface area contributed by atoms with E-state index < -0.39 is 6.61 Å². The number of carbonyl (C=O) groups is 1. The van der Waals surface area contributed by atoms with Gasteiger partial charge in [0.2, 0.25) is 0 Å². The number of carbonyl (C=O) groups excluding carboxylic acids is 1. The molecule has 0 saturated heterocycles. The van der Waals surface area contributed by atoms with Crippen molar-refractivity contribution in [1.29, 1.82) is 0 Å². The van der Waals surface area contributed by atoms with Crippen LogP contribution in [-0.4, -0.2) is 22.3 Å². The van der Waals surface area contributed by atoms with Crippen molar-refractivity contribution in [2.24, 2.45) is 0 Å². The monoisotopic (exact) mass is 433 g/mol. The molecule has 32 heavy (non-hydrogen) atoms. The number of aryl methyl sites for hydroxylation is 1. The van der Waals surface area contributed by atoms with Gasteiger partial charge in [0.05, 0.1) is 12.1 Å². The van der Waals surface area contributed by atoms with Crippen molar-refractivity contribution in [1.82, 2.24) is 9.78 Å². The average Bonchev–Trinajstić information content (AvgIpc) is 3.20. The summed E-state index contributed by atoms with van der Waals surface area (Å²) in [5, 5.41) is 7.47. The first kappa shape index (κ1) is 21.2. The molecule has 1 heterocycles. The topological polar surface area (TPSA) is 56.2 Å².